The van der Waals surface area contributed by atoms with Crippen molar-refractivity contribution in [3.8, 4) is 0 Å². The summed E-state index contributed by atoms with van der Waals surface area (Å²) in [5.74, 6) is -0.950. The highest BCUT2D eigenvalue weighted by molar-refractivity contribution is 5.89. The zero-order valence-electron chi connectivity index (χ0n) is 61.0. The van der Waals surface area contributed by atoms with Gasteiger partial charge in [0, 0.05) is 46.4 Å². The Labute approximate surface area is 632 Å². The van der Waals surface area contributed by atoms with Gasteiger partial charge in [-0.25, -0.2) is 4.79 Å². The zero-order chi connectivity index (χ0) is 73.6. The first-order valence-electron chi connectivity index (χ1n) is 37.2. The van der Waals surface area contributed by atoms with Crippen LogP contribution in [0.4, 0.5) is 0 Å². The smallest absolute Gasteiger partial charge is 0.335 e. The molecule has 2 aliphatic heterocycles. The van der Waals surface area contributed by atoms with E-state index in [4.69, 9.17) is 47.4 Å². The molecule has 0 aliphatic carbocycles. The van der Waals surface area contributed by atoms with E-state index in [-0.39, 0.29) is 12.2 Å². The number of benzene rings is 11. The lowest BCUT2D eigenvalue weighted by atomic mass is 9.90. The maximum absolute atomic E-state index is 11.6. The van der Waals surface area contributed by atoms with E-state index in [2.05, 4.69) is 169 Å². The summed E-state index contributed by atoms with van der Waals surface area (Å²) in [6.45, 7) is 8.46. The number of hydrogen-bond donors (Lipinski definition) is 2. The SMILES string of the molecule is Cc1cccc2c([C@@H]3O[C@H](COCc4ccccc4)[C@@H](OCc4ccccc4)[C@H](OCc4ccccc4)[C@H]3OCc3ccccc3)c[nH]c12.Cc1cccc2c([C@@H]3O[C@H](COCc4ccccc4)[C@@H](OCc4ccccc4)[C@H](OCc4ccccc4)[C@H]3OCc3ccccc3)cn(Cc3ccc(C(=O)O)cc3)c12. The summed E-state index contributed by atoms with van der Waals surface area (Å²) in [6, 6.07) is 101. The van der Waals surface area contributed by atoms with Gasteiger partial charge in [-0.15, -0.1) is 0 Å². The number of aromatic amines is 1. The van der Waals surface area contributed by atoms with Crippen molar-refractivity contribution in [3.63, 3.8) is 0 Å². The molecule has 550 valence electrons. The summed E-state index contributed by atoms with van der Waals surface area (Å²) in [7, 11) is 0. The quantitative estimate of drug-likeness (QED) is 0.0426. The average Bonchev–Trinajstić information content (AvgIpc) is 1.51. The standard InChI is InChI=1S/C51H49NO7.C43H43NO5/c1-36-15-14-24-43-44(30-52(46(36)43)29-37-25-27-42(28-26-37)51(53)54)47-49(57-33-40-20-10-4-11-21-40)50(58-34-41-22-12-5-13-23-41)48(56-32-39-18-8-3-9-19-39)45(59-47)35-55-31-38-16-6-2-7-17-38;1-31-15-14-24-36-37(25-44-39(31)36)40-42(47-28-34-20-10-4-11-21-34)43(48-29-35-22-12-5-13-23-35)41(46-27-33-18-8-3-9-19-33)38(49-40)30-45-26-32-16-6-2-7-17-32/h2-28,30,45,47-50H,29,31-35H2,1H3,(H,53,54);2-25,38,40-44H,26-30H2,1H3/t45-,47+,48-,49+,50+;38-,40+,41-,42+,43+/m11/s1. The third kappa shape index (κ3) is 19.3. The van der Waals surface area contributed by atoms with Crippen molar-refractivity contribution < 1.29 is 57.3 Å². The molecule has 0 amide bonds. The maximum atomic E-state index is 11.6. The van der Waals surface area contributed by atoms with Crippen LogP contribution in [0.3, 0.4) is 0 Å². The van der Waals surface area contributed by atoms with Crippen LogP contribution < -0.4 is 0 Å². The van der Waals surface area contributed by atoms with Crippen LogP contribution in [-0.2, 0) is 107 Å². The number of ether oxygens (including phenoxy) is 10. The number of hydrogen-bond acceptors (Lipinski definition) is 11. The minimum atomic E-state index is -0.950. The Morgan fingerprint density at radius 2 is 0.685 bits per heavy atom. The Balaban J connectivity index is 0.000000184. The number of aryl methyl sites for hydroxylation is 2. The van der Waals surface area contributed by atoms with E-state index in [0.29, 0.717) is 66.0 Å². The molecule has 2 aliphatic rings. The fourth-order valence-electron chi connectivity index (χ4n) is 14.5. The van der Waals surface area contributed by atoms with Crippen molar-refractivity contribution >= 4 is 27.8 Å². The number of aromatic nitrogens is 2. The Kier molecular flexibility index (Phi) is 25.8. The molecule has 108 heavy (non-hydrogen) atoms. The lowest BCUT2D eigenvalue weighted by molar-refractivity contribution is -0.274. The average molecular weight is 1440 g/mol. The van der Waals surface area contributed by atoms with Gasteiger partial charge in [-0.3, -0.25) is 0 Å². The number of rotatable bonds is 31. The van der Waals surface area contributed by atoms with Crippen LogP contribution in [0, 0.1) is 13.8 Å². The number of nitrogens with one attached hydrogen (secondary N) is 1. The van der Waals surface area contributed by atoms with Crippen molar-refractivity contribution in [3.05, 3.63) is 394 Å². The topological polar surface area (TPSA) is 150 Å². The number of aromatic carboxylic acids is 1. The predicted octanol–water partition coefficient (Wildman–Crippen LogP) is 19.0. The third-order valence-electron chi connectivity index (χ3n) is 20.0. The van der Waals surface area contributed by atoms with Gasteiger partial charge in [0.25, 0.3) is 0 Å². The monoisotopic (exact) mass is 1440 g/mol. The second-order valence-electron chi connectivity index (χ2n) is 27.7. The fraction of sp³-hybridized carbons (Fsp3) is 0.245. The van der Waals surface area contributed by atoms with Gasteiger partial charge in [0.05, 0.1) is 77.1 Å². The van der Waals surface area contributed by atoms with Crippen molar-refractivity contribution in [1.29, 1.82) is 0 Å². The van der Waals surface area contributed by atoms with Crippen LogP contribution in [0.25, 0.3) is 21.8 Å². The molecule has 0 spiro atoms. The molecule has 11 aromatic carbocycles. The highest BCUT2D eigenvalue weighted by Gasteiger charge is 2.51. The van der Waals surface area contributed by atoms with Gasteiger partial charge >= 0.3 is 5.97 Å². The Morgan fingerprint density at radius 3 is 1.06 bits per heavy atom. The molecule has 10 atom stereocenters. The van der Waals surface area contributed by atoms with Crippen molar-refractivity contribution in [2.24, 2.45) is 0 Å². The second-order valence-corrected chi connectivity index (χ2v) is 27.7. The van der Waals surface area contributed by atoms with Crippen LogP contribution in [0.2, 0.25) is 0 Å². The largest absolute Gasteiger partial charge is 0.478 e. The summed E-state index contributed by atoms with van der Waals surface area (Å²) in [4.78, 5) is 15.2. The summed E-state index contributed by atoms with van der Waals surface area (Å²) < 4.78 is 71.2. The Morgan fingerprint density at radius 1 is 0.352 bits per heavy atom. The van der Waals surface area contributed by atoms with E-state index in [1.54, 1.807) is 12.1 Å². The van der Waals surface area contributed by atoms with Crippen molar-refractivity contribution in [2.75, 3.05) is 13.2 Å². The number of carbonyl (C=O) groups is 1. The summed E-state index contributed by atoms with van der Waals surface area (Å²) in [6.07, 6.45) is -0.975. The Hall–Kier alpha value is -10.4. The first kappa shape index (κ1) is 74.4. The van der Waals surface area contributed by atoms with E-state index in [0.717, 1.165) is 88.6 Å². The van der Waals surface area contributed by atoms with E-state index in [1.165, 1.54) is 5.56 Å². The molecular weight excluding hydrogens is 1350 g/mol. The number of carboxylic acids is 1. The molecule has 15 rings (SSSR count). The molecule has 0 bridgehead atoms. The zero-order valence-corrected chi connectivity index (χ0v) is 61.0. The molecule has 0 radical (unpaired) electrons. The molecular formula is C94H92N2O12. The van der Waals surface area contributed by atoms with Gasteiger partial charge in [-0.05, 0) is 87.2 Å². The lowest BCUT2D eigenvalue weighted by Gasteiger charge is -2.46. The molecule has 2 aromatic heterocycles. The van der Waals surface area contributed by atoms with Crippen molar-refractivity contribution in [1.82, 2.24) is 9.55 Å². The summed E-state index contributed by atoms with van der Waals surface area (Å²) in [5, 5.41) is 11.7. The molecule has 0 unspecified atom stereocenters. The minimum absolute atomic E-state index is 0.253. The van der Waals surface area contributed by atoms with Gasteiger partial charge < -0.3 is 62.0 Å². The number of H-pyrrole nitrogens is 1. The number of carboxylic acid groups (broad SMARTS) is 1. The van der Waals surface area contributed by atoms with Crippen molar-refractivity contribution in [2.45, 2.75) is 134 Å². The molecule has 2 saturated heterocycles. The molecule has 0 saturated carbocycles. The molecule has 4 heterocycles. The van der Waals surface area contributed by atoms with E-state index in [1.807, 2.05) is 158 Å². The molecule has 2 fully saturated rings. The van der Waals surface area contributed by atoms with Gasteiger partial charge in [0.15, 0.2) is 0 Å². The minimum Gasteiger partial charge on any atom is -0.478 e. The maximum Gasteiger partial charge on any atom is 0.335 e. The fourth-order valence-corrected chi connectivity index (χ4v) is 14.5. The van der Waals surface area contributed by atoms with E-state index < -0.39 is 67.0 Å². The summed E-state index contributed by atoms with van der Waals surface area (Å²) in [5.41, 5.74) is 16.2. The Bertz CT molecular complexity index is 4860. The van der Waals surface area contributed by atoms with Crippen LogP contribution in [0.15, 0.2) is 316 Å². The number of para-hydroxylation sites is 2. The highest BCUT2D eigenvalue weighted by atomic mass is 16.6. The van der Waals surface area contributed by atoms with Gasteiger partial charge in [-0.2, -0.15) is 0 Å². The second kappa shape index (κ2) is 37.4. The first-order valence-corrected chi connectivity index (χ1v) is 37.2. The van der Waals surface area contributed by atoms with E-state index in [9.17, 15) is 9.90 Å². The molecule has 13 aromatic rings. The van der Waals surface area contributed by atoms with Crippen LogP contribution >= 0.6 is 0 Å². The predicted molar refractivity (Wildman–Crippen MR) is 420 cm³/mol. The van der Waals surface area contributed by atoms with Crippen LogP contribution in [0.1, 0.15) is 94.9 Å². The highest BCUT2D eigenvalue weighted by Crippen LogP contribution is 2.44. The first-order chi connectivity index (χ1) is 53.2. The van der Waals surface area contributed by atoms with Gasteiger partial charge in [0.1, 0.15) is 61.0 Å². The lowest BCUT2D eigenvalue weighted by Crippen LogP contribution is -2.58. The number of nitrogens with zero attached hydrogens (tertiary/aromatic N) is 1. The van der Waals surface area contributed by atoms with Gasteiger partial charge in [0.2, 0.25) is 0 Å². The van der Waals surface area contributed by atoms with Crippen LogP contribution in [0.5, 0.6) is 0 Å². The molecule has 14 heteroatoms. The molecule has 2 N–H and O–H groups in total. The normalized spacial score (nSPS) is 19.9. The van der Waals surface area contributed by atoms with Gasteiger partial charge in [-0.1, -0.05) is 291 Å². The summed E-state index contributed by atoms with van der Waals surface area (Å²) >= 11 is 0. The van der Waals surface area contributed by atoms with Crippen LogP contribution in [-0.4, -0.2) is 82.7 Å². The molecule has 14 nitrogen and oxygen atoms in total. The van der Waals surface area contributed by atoms with E-state index >= 15 is 0 Å². The number of fused-ring (bicyclic) bond motifs is 2. The third-order valence-corrected chi connectivity index (χ3v) is 20.0.